The number of oxazole rings is 1. The molecule has 134 valence electrons. The van der Waals surface area contributed by atoms with E-state index in [1.165, 1.54) is 18.7 Å². The van der Waals surface area contributed by atoms with Gasteiger partial charge in [-0.2, -0.15) is 0 Å². The van der Waals surface area contributed by atoms with Crippen LogP contribution < -0.4 is 27.5 Å². The van der Waals surface area contributed by atoms with E-state index in [1.54, 1.807) is 42.8 Å². The molecule has 5 N–H and O–H groups in total. The van der Waals surface area contributed by atoms with E-state index in [4.69, 9.17) is 15.9 Å². The van der Waals surface area contributed by atoms with Crippen LogP contribution in [-0.2, 0) is 4.79 Å². The second kappa shape index (κ2) is 9.75. The number of nitrogens with one attached hydrogen (secondary N) is 1. The minimum atomic E-state index is -0.254. The Morgan fingerprint density at radius 1 is 1.42 bits per heavy atom. The third kappa shape index (κ3) is 5.02. The highest BCUT2D eigenvalue weighted by Crippen LogP contribution is 2.17. The molecular formula is C19H21N5O2. The molecule has 0 saturated heterocycles. The molecule has 0 fully saturated rings. The van der Waals surface area contributed by atoms with Crippen molar-refractivity contribution in [2.24, 2.45) is 11.5 Å². The van der Waals surface area contributed by atoms with Crippen LogP contribution in [0.2, 0.25) is 0 Å². The van der Waals surface area contributed by atoms with E-state index in [1.807, 2.05) is 0 Å². The third-order valence-electron chi connectivity index (χ3n) is 3.50. The Morgan fingerprint density at radius 3 is 3.00 bits per heavy atom. The van der Waals surface area contributed by atoms with Crippen LogP contribution in [0, 0.1) is 0 Å². The normalized spacial score (nSPS) is 13.3. The van der Waals surface area contributed by atoms with Gasteiger partial charge in [0.2, 0.25) is 5.91 Å². The van der Waals surface area contributed by atoms with Crippen molar-refractivity contribution in [3.05, 3.63) is 71.7 Å². The summed E-state index contributed by atoms with van der Waals surface area (Å²) in [5, 5.41) is 3.40. The largest absolute Gasteiger partial charge is 0.444 e. The first kappa shape index (κ1) is 18.9. The molecule has 2 rings (SSSR count). The van der Waals surface area contributed by atoms with Gasteiger partial charge in [-0.3, -0.25) is 9.78 Å². The molecule has 0 aliphatic heterocycles. The molecule has 26 heavy (non-hydrogen) atoms. The molecule has 2 aromatic rings. The monoisotopic (exact) mass is 351 g/mol. The number of pyridine rings is 1. The van der Waals surface area contributed by atoms with Gasteiger partial charge in [-0.25, -0.2) is 4.98 Å². The second-order valence-electron chi connectivity index (χ2n) is 5.15. The van der Waals surface area contributed by atoms with Crippen LogP contribution >= 0.6 is 0 Å². The summed E-state index contributed by atoms with van der Waals surface area (Å²) < 4.78 is 5.24. The van der Waals surface area contributed by atoms with Crippen molar-refractivity contribution < 1.29 is 9.21 Å². The Hall–Kier alpha value is -3.45. The van der Waals surface area contributed by atoms with Crippen LogP contribution in [0.3, 0.4) is 0 Å². The predicted molar refractivity (Wildman–Crippen MR) is 102 cm³/mol. The lowest BCUT2D eigenvalue weighted by Crippen LogP contribution is -2.27. The summed E-state index contributed by atoms with van der Waals surface area (Å²) in [4.78, 5) is 20.1. The number of nitrogens with zero attached hydrogens (tertiary/aromatic N) is 2. The molecule has 7 nitrogen and oxygen atoms in total. The maximum atomic E-state index is 12.0. The van der Waals surface area contributed by atoms with E-state index >= 15 is 0 Å². The fraction of sp³-hybridized carbons (Fsp3) is 0.105. The number of hydrogen-bond acceptors (Lipinski definition) is 6. The number of aromatic nitrogens is 2. The molecule has 0 bridgehead atoms. The van der Waals surface area contributed by atoms with Crippen LogP contribution in [0.25, 0.3) is 23.8 Å². The number of carbonyl (C=O) groups is 1. The van der Waals surface area contributed by atoms with Gasteiger partial charge >= 0.3 is 0 Å². The van der Waals surface area contributed by atoms with Crippen molar-refractivity contribution in [3.8, 4) is 0 Å². The van der Waals surface area contributed by atoms with E-state index in [-0.39, 0.29) is 5.91 Å². The standard InChI is InChI=1S/C19H21N5O2/c1-2-3-17-18(26-13-24-17)7-9-23-19(25)5-4-14-12-22-8-6-16(14)15(10-20)11-21/h2-8,10,12-13H,1,9,11,20-21H2,(H,23,25)/b5-4+,15-10+,17-3+,18-7+. The van der Waals surface area contributed by atoms with Gasteiger partial charge in [-0.1, -0.05) is 12.7 Å². The zero-order valence-electron chi connectivity index (χ0n) is 14.3. The molecule has 0 aliphatic rings. The van der Waals surface area contributed by atoms with E-state index in [9.17, 15) is 4.79 Å². The molecule has 0 radical (unpaired) electrons. The molecule has 0 aromatic carbocycles. The molecule has 0 spiro atoms. The average Bonchev–Trinajstić information content (AvgIpc) is 3.09. The summed E-state index contributed by atoms with van der Waals surface area (Å²) in [6, 6.07) is 1.80. The Morgan fingerprint density at radius 2 is 2.27 bits per heavy atom. The number of carbonyl (C=O) groups excluding carboxylic acids is 1. The lowest BCUT2D eigenvalue weighted by atomic mass is 10.0. The van der Waals surface area contributed by atoms with Gasteiger partial charge in [0.1, 0.15) is 5.35 Å². The van der Waals surface area contributed by atoms with Gasteiger partial charge in [-0.15, -0.1) is 0 Å². The smallest absolute Gasteiger partial charge is 0.244 e. The first-order valence-corrected chi connectivity index (χ1v) is 7.93. The van der Waals surface area contributed by atoms with Crippen LogP contribution in [0.4, 0.5) is 0 Å². The molecular weight excluding hydrogens is 330 g/mol. The van der Waals surface area contributed by atoms with Gasteiger partial charge in [0, 0.05) is 37.1 Å². The minimum absolute atomic E-state index is 0.254. The first-order valence-electron chi connectivity index (χ1n) is 7.93. The van der Waals surface area contributed by atoms with Crippen molar-refractivity contribution in [3.63, 3.8) is 0 Å². The lowest BCUT2D eigenvalue weighted by molar-refractivity contribution is -0.116. The zero-order valence-corrected chi connectivity index (χ0v) is 14.3. The van der Waals surface area contributed by atoms with E-state index < -0.39 is 0 Å². The number of nitrogens with two attached hydrogens (primary N) is 2. The average molecular weight is 351 g/mol. The number of hydrogen-bond donors (Lipinski definition) is 3. The highest BCUT2D eigenvalue weighted by molar-refractivity contribution is 5.93. The molecule has 2 heterocycles. The molecule has 1 amide bonds. The minimum Gasteiger partial charge on any atom is -0.444 e. The van der Waals surface area contributed by atoms with Crippen molar-refractivity contribution in [2.75, 3.05) is 13.1 Å². The Bertz CT molecular complexity index is 941. The van der Waals surface area contributed by atoms with Crippen LogP contribution in [-0.4, -0.2) is 29.0 Å². The second-order valence-corrected chi connectivity index (χ2v) is 5.15. The topological polar surface area (TPSA) is 120 Å². The summed E-state index contributed by atoms with van der Waals surface area (Å²) >= 11 is 0. The zero-order chi connectivity index (χ0) is 18.8. The van der Waals surface area contributed by atoms with E-state index in [0.717, 1.165) is 16.7 Å². The summed E-state index contributed by atoms with van der Waals surface area (Å²) in [7, 11) is 0. The van der Waals surface area contributed by atoms with Crippen molar-refractivity contribution in [1.82, 2.24) is 15.3 Å². The summed E-state index contributed by atoms with van der Waals surface area (Å²) in [6.45, 7) is 4.21. The Balaban J connectivity index is 2.06. The third-order valence-corrected chi connectivity index (χ3v) is 3.50. The Kier molecular flexibility index (Phi) is 7.08. The maximum absolute atomic E-state index is 12.0. The van der Waals surface area contributed by atoms with Crippen molar-refractivity contribution >= 4 is 29.7 Å². The fourth-order valence-electron chi connectivity index (χ4n) is 2.22. The van der Waals surface area contributed by atoms with E-state index in [2.05, 4.69) is 21.9 Å². The SMILES string of the molecule is C=C/C=c1/nco/c1=C/CNC(=O)/C=C/c1cnccc1/C(=C/N)CN. The lowest BCUT2D eigenvalue weighted by Gasteiger charge is -2.07. The van der Waals surface area contributed by atoms with Gasteiger partial charge in [0.25, 0.3) is 0 Å². The highest BCUT2D eigenvalue weighted by atomic mass is 16.3. The summed E-state index contributed by atoms with van der Waals surface area (Å²) in [5.74, 6) is -0.254. The molecule has 2 aromatic heterocycles. The number of rotatable bonds is 7. The summed E-state index contributed by atoms with van der Waals surface area (Å²) in [6.07, 6.45) is 14.3. The molecule has 7 heteroatoms. The quantitative estimate of drug-likeness (QED) is 0.600. The van der Waals surface area contributed by atoms with Crippen molar-refractivity contribution in [2.45, 2.75) is 0 Å². The number of allylic oxidation sites excluding steroid dienone is 1. The van der Waals surface area contributed by atoms with Crippen molar-refractivity contribution in [1.29, 1.82) is 0 Å². The number of amides is 1. The van der Waals surface area contributed by atoms with Crippen LogP contribution in [0.1, 0.15) is 11.1 Å². The fourth-order valence-corrected chi connectivity index (χ4v) is 2.22. The van der Waals surface area contributed by atoms with Gasteiger partial charge < -0.3 is 21.2 Å². The highest BCUT2D eigenvalue weighted by Gasteiger charge is 2.04. The molecule has 0 atom stereocenters. The predicted octanol–water partition coefficient (Wildman–Crippen LogP) is -0.0955. The summed E-state index contributed by atoms with van der Waals surface area (Å²) in [5.41, 5.74) is 14.2. The van der Waals surface area contributed by atoms with Gasteiger partial charge in [0.15, 0.2) is 11.8 Å². The molecule has 0 saturated carbocycles. The Labute approximate surface area is 151 Å². The maximum Gasteiger partial charge on any atom is 0.244 e. The molecule has 0 aliphatic carbocycles. The van der Waals surface area contributed by atoms with Gasteiger partial charge in [0.05, 0.1) is 0 Å². The van der Waals surface area contributed by atoms with Crippen LogP contribution in [0.5, 0.6) is 0 Å². The van der Waals surface area contributed by atoms with Crippen LogP contribution in [0.15, 0.2) is 54.2 Å². The van der Waals surface area contributed by atoms with E-state index in [0.29, 0.717) is 23.9 Å². The first-order chi connectivity index (χ1) is 12.7. The molecule has 0 unspecified atom stereocenters. The van der Waals surface area contributed by atoms with Gasteiger partial charge in [-0.05, 0) is 41.6 Å².